The first-order valence-corrected chi connectivity index (χ1v) is 13.4. The minimum absolute atomic E-state index is 0.585. The highest BCUT2D eigenvalue weighted by molar-refractivity contribution is 6.11. The molecule has 0 spiro atoms. The molecule has 6 aromatic rings. The molecule has 0 radical (unpaired) electrons. The number of benzene rings is 4. The van der Waals surface area contributed by atoms with Crippen LogP contribution in [-0.4, -0.2) is 25.5 Å². The Bertz CT molecular complexity index is 1920. The van der Waals surface area contributed by atoms with Gasteiger partial charge in [0.25, 0.3) is 0 Å². The lowest BCUT2D eigenvalue weighted by Crippen LogP contribution is -2.29. The third kappa shape index (κ3) is 3.89. The monoisotopic (exact) mass is 527 g/mol. The molecule has 0 unspecified atom stereocenters. The standard InChI is InChI=1S/C34H30FN5/c1-21-10-9-11-22(2)32(21)40-33(37-20-38-40)28-17-27-26-16-24(19-36)14-15-30(26)39(25-12-7-6-8-13-25)31(27)18-29(28)34(4,5)23(3)35/h6-18,20,23H,1-5H3/t23-/m1/s1. The van der Waals surface area contributed by atoms with Crippen LogP contribution in [0.25, 0.3) is 44.6 Å². The highest BCUT2D eigenvalue weighted by atomic mass is 19.1. The quantitative estimate of drug-likeness (QED) is 0.227. The predicted molar refractivity (Wildman–Crippen MR) is 159 cm³/mol. The summed E-state index contributed by atoms with van der Waals surface area (Å²) < 4.78 is 19.4. The topological polar surface area (TPSA) is 59.4 Å². The van der Waals surface area contributed by atoms with E-state index in [1.807, 2.05) is 61.0 Å². The van der Waals surface area contributed by atoms with E-state index < -0.39 is 11.6 Å². The van der Waals surface area contributed by atoms with Gasteiger partial charge in [-0.15, -0.1) is 0 Å². The summed E-state index contributed by atoms with van der Waals surface area (Å²) in [5.74, 6) is 0.653. The maximum Gasteiger partial charge on any atom is 0.163 e. The maximum absolute atomic E-state index is 15.4. The second-order valence-corrected chi connectivity index (χ2v) is 11.0. The van der Waals surface area contributed by atoms with Gasteiger partial charge in [-0.2, -0.15) is 10.4 Å². The van der Waals surface area contributed by atoms with Crippen LogP contribution in [0.5, 0.6) is 0 Å². The average molecular weight is 528 g/mol. The van der Waals surface area contributed by atoms with Crippen molar-refractivity contribution in [2.45, 2.75) is 46.2 Å². The van der Waals surface area contributed by atoms with Crippen LogP contribution in [-0.2, 0) is 5.41 Å². The summed E-state index contributed by atoms with van der Waals surface area (Å²) in [5.41, 5.74) is 7.46. The van der Waals surface area contributed by atoms with Gasteiger partial charge < -0.3 is 4.57 Å². The molecule has 0 aliphatic rings. The molecule has 6 heteroatoms. The minimum atomic E-state index is -1.12. The van der Waals surface area contributed by atoms with E-state index in [2.05, 4.69) is 66.0 Å². The van der Waals surface area contributed by atoms with Crippen LogP contribution in [0, 0.1) is 25.2 Å². The SMILES string of the molecule is Cc1cccc(C)c1-n1ncnc1-c1cc2c3cc(C#N)ccc3n(-c3ccccc3)c2cc1C(C)(C)[C@@H](C)F. The van der Waals surface area contributed by atoms with Gasteiger partial charge in [0.05, 0.1) is 28.4 Å². The van der Waals surface area contributed by atoms with E-state index in [4.69, 9.17) is 4.98 Å². The number of hydrogen-bond acceptors (Lipinski definition) is 3. The van der Waals surface area contributed by atoms with Gasteiger partial charge in [0.1, 0.15) is 12.5 Å². The summed E-state index contributed by atoms with van der Waals surface area (Å²) >= 11 is 0. The van der Waals surface area contributed by atoms with E-state index in [9.17, 15) is 5.26 Å². The molecule has 5 nitrogen and oxygen atoms in total. The number of nitrogens with zero attached hydrogens (tertiary/aromatic N) is 5. The Morgan fingerprint density at radius 1 is 0.875 bits per heavy atom. The maximum atomic E-state index is 15.4. The summed E-state index contributed by atoms with van der Waals surface area (Å²) in [6, 6.07) is 28.5. The molecule has 4 aromatic carbocycles. The summed E-state index contributed by atoms with van der Waals surface area (Å²) in [4.78, 5) is 4.73. The van der Waals surface area contributed by atoms with Gasteiger partial charge in [-0.05, 0) is 79.9 Å². The first kappa shape index (κ1) is 25.5. The van der Waals surface area contributed by atoms with Crippen molar-refractivity contribution in [1.82, 2.24) is 19.3 Å². The molecule has 0 N–H and O–H groups in total. The van der Waals surface area contributed by atoms with Crippen molar-refractivity contribution in [1.29, 1.82) is 5.26 Å². The Labute approximate surface area is 233 Å². The minimum Gasteiger partial charge on any atom is -0.309 e. The Balaban J connectivity index is 1.77. The van der Waals surface area contributed by atoms with E-state index in [1.54, 1.807) is 13.3 Å². The Kier molecular flexibility index (Phi) is 6.03. The molecule has 2 heterocycles. The zero-order valence-electron chi connectivity index (χ0n) is 23.3. The second kappa shape index (κ2) is 9.46. The van der Waals surface area contributed by atoms with Crippen molar-refractivity contribution in [3.8, 4) is 28.8 Å². The van der Waals surface area contributed by atoms with Crippen LogP contribution in [0.15, 0.2) is 85.2 Å². The van der Waals surface area contributed by atoms with E-state index in [0.717, 1.165) is 55.4 Å². The molecule has 0 amide bonds. The van der Waals surface area contributed by atoms with E-state index in [-0.39, 0.29) is 0 Å². The molecule has 6 rings (SSSR count). The summed E-state index contributed by atoms with van der Waals surface area (Å²) in [6.45, 7) is 9.59. The first-order chi connectivity index (χ1) is 19.2. The van der Waals surface area contributed by atoms with Crippen LogP contribution >= 0.6 is 0 Å². The van der Waals surface area contributed by atoms with Gasteiger partial charge in [0, 0.05) is 27.4 Å². The molecule has 40 heavy (non-hydrogen) atoms. The summed E-state index contributed by atoms with van der Waals surface area (Å²) in [7, 11) is 0. The molecule has 1 atom stereocenters. The number of para-hydroxylation sites is 2. The van der Waals surface area contributed by atoms with Crippen molar-refractivity contribution in [3.63, 3.8) is 0 Å². The molecule has 0 aliphatic carbocycles. The lowest BCUT2D eigenvalue weighted by Gasteiger charge is -2.30. The van der Waals surface area contributed by atoms with Crippen LogP contribution < -0.4 is 0 Å². The van der Waals surface area contributed by atoms with Crippen molar-refractivity contribution in [3.05, 3.63) is 107 Å². The van der Waals surface area contributed by atoms with Crippen molar-refractivity contribution in [2.24, 2.45) is 0 Å². The van der Waals surface area contributed by atoms with E-state index in [0.29, 0.717) is 11.4 Å². The fourth-order valence-corrected chi connectivity index (χ4v) is 5.65. The highest BCUT2D eigenvalue weighted by Gasteiger charge is 2.33. The Morgan fingerprint density at radius 2 is 1.57 bits per heavy atom. The van der Waals surface area contributed by atoms with Crippen molar-refractivity contribution in [2.75, 3.05) is 0 Å². The Morgan fingerprint density at radius 3 is 2.25 bits per heavy atom. The molecule has 0 aliphatic heterocycles. The number of hydrogen-bond donors (Lipinski definition) is 0. The second-order valence-electron chi connectivity index (χ2n) is 11.0. The van der Waals surface area contributed by atoms with Crippen LogP contribution in [0.2, 0.25) is 0 Å². The average Bonchev–Trinajstić information content (AvgIpc) is 3.54. The van der Waals surface area contributed by atoms with Gasteiger partial charge in [-0.25, -0.2) is 14.1 Å². The van der Waals surface area contributed by atoms with Crippen LogP contribution in [0.1, 0.15) is 43.0 Å². The normalized spacial score (nSPS) is 12.6. The van der Waals surface area contributed by atoms with E-state index in [1.165, 1.54) is 0 Å². The molecule has 0 saturated carbocycles. The molecule has 198 valence electrons. The molecule has 2 aromatic heterocycles. The van der Waals surface area contributed by atoms with Gasteiger partial charge in [0.2, 0.25) is 0 Å². The van der Waals surface area contributed by atoms with Gasteiger partial charge in [-0.3, -0.25) is 0 Å². The van der Waals surface area contributed by atoms with Gasteiger partial charge in [-0.1, -0.05) is 50.2 Å². The number of aryl methyl sites for hydroxylation is 2. The summed E-state index contributed by atoms with van der Waals surface area (Å²) in [5, 5.41) is 16.3. The zero-order valence-corrected chi connectivity index (χ0v) is 23.3. The Hall–Kier alpha value is -4.76. The predicted octanol–water partition coefficient (Wildman–Crippen LogP) is 8.16. The van der Waals surface area contributed by atoms with Gasteiger partial charge in [0.15, 0.2) is 5.82 Å². The fourth-order valence-electron chi connectivity index (χ4n) is 5.65. The lowest BCUT2D eigenvalue weighted by atomic mass is 9.77. The molecule has 0 bridgehead atoms. The van der Waals surface area contributed by atoms with Crippen LogP contribution in [0.3, 0.4) is 0 Å². The smallest absolute Gasteiger partial charge is 0.163 e. The number of halogens is 1. The first-order valence-electron chi connectivity index (χ1n) is 13.4. The number of aromatic nitrogens is 4. The number of fused-ring (bicyclic) bond motifs is 3. The molecular formula is C34H30FN5. The zero-order chi connectivity index (χ0) is 28.2. The fraction of sp³-hybridized carbons (Fsp3) is 0.206. The number of nitriles is 1. The van der Waals surface area contributed by atoms with Crippen molar-refractivity contribution >= 4 is 21.8 Å². The highest BCUT2D eigenvalue weighted by Crippen LogP contribution is 2.43. The molecule has 0 fully saturated rings. The third-order valence-electron chi connectivity index (χ3n) is 8.18. The lowest BCUT2D eigenvalue weighted by molar-refractivity contribution is 0.237. The largest absolute Gasteiger partial charge is 0.309 e. The number of alkyl halides is 1. The van der Waals surface area contributed by atoms with Crippen LogP contribution in [0.4, 0.5) is 4.39 Å². The van der Waals surface area contributed by atoms with Gasteiger partial charge >= 0.3 is 0 Å². The molecule has 0 saturated heterocycles. The molecular weight excluding hydrogens is 497 g/mol. The van der Waals surface area contributed by atoms with E-state index >= 15 is 4.39 Å². The van der Waals surface area contributed by atoms with Crippen molar-refractivity contribution < 1.29 is 4.39 Å². The third-order valence-corrected chi connectivity index (χ3v) is 8.18. The number of rotatable bonds is 5. The summed E-state index contributed by atoms with van der Waals surface area (Å²) in [6.07, 6.45) is 0.433.